The van der Waals surface area contributed by atoms with E-state index in [2.05, 4.69) is 19.9 Å². The molecule has 13 heavy (non-hydrogen) atoms. The van der Waals surface area contributed by atoms with Crippen molar-refractivity contribution >= 4 is 6.29 Å². The maximum atomic E-state index is 10.6. The van der Waals surface area contributed by atoms with Gasteiger partial charge in [-0.2, -0.15) is 0 Å². The topological polar surface area (TPSA) is 17.1 Å². The SMILES string of the molecule is CC(C)=CCC1(CC=O)CCCC1. The van der Waals surface area contributed by atoms with Crippen molar-refractivity contribution in [3.63, 3.8) is 0 Å². The summed E-state index contributed by atoms with van der Waals surface area (Å²) in [5, 5.41) is 0. The molecule has 0 saturated heterocycles. The highest BCUT2D eigenvalue weighted by molar-refractivity contribution is 5.51. The molecule has 0 aromatic rings. The fourth-order valence-corrected chi connectivity index (χ4v) is 2.21. The van der Waals surface area contributed by atoms with E-state index in [1.165, 1.54) is 31.3 Å². The molecule has 0 aromatic carbocycles. The fourth-order valence-electron chi connectivity index (χ4n) is 2.21. The molecule has 1 rings (SSSR count). The maximum Gasteiger partial charge on any atom is 0.120 e. The Morgan fingerprint density at radius 2 is 1.85 bits per heavy atom. The summed E-state index contributed by atoms with van der Waals surface area (Å²) in [4.78, 5) is 10.6. The van der Waals surface area contributed by atoms with Crippen LogP contribution < -0.4 is 0 Å². The van der Waals surface area contributed by atoms with Crippen molar-refractivity contribution in [2.24, 2.45) is 5.41 Å². The number of carbonyl (C=O) groups excluding carboxylic acids is 1. The largest absolute Gasteiger partial charge is 0.303 e. The lowest BCUT2D eigenvalue weighted by atomic mass is 9.79. The van der Waals surface area contributed by atoms with Crippen molar-refractivity contribution in [2.45, 2.75) is 52.4 Å². The van der Waals surface area contributed by atoms with Crippen molar-refractivity contribution in [1.82, 2.24) is 0 Å². The van der Waals surface area contributed by atoms with Crippen LogP contribution in [0, 0.1) is 5.41 Å². The van der Waals surface area contributed by atoms with E-state index < -0.39 is 0 Å². The van der Waals surface area contributed by atoms with Gasteiger partial charge in [0, 0.05) is 6.42 Å². The summed E-state index contributed by atoms with van der Waals surface area (Å²) in [5.41, 5.74) is 1.70. The summed E-state index contributed by atoms with van der Waals surface area (Å²) >= 11 is 0. The monoisotopic (exact) mass is 180 g/mol. The first-order valence-corrected chi connectivity index (χ1v) is 5.26. The van der Waals surface area contributed by atoms with Gasteiger partial charge in [0.1, 0.15) is 6.29 Å². The molecule has 1 aliphatic carbocycles. The van der Waals surface area contributed by atoms with Crippen LogP contribution in [0.1, 0.15) is 52.4 Å². The van der Waals surface area contributed by atoms with E-state index in [1.54, 1.807) is 0 Å². The lowest BCUT2D eigenvalue weighted by Crippen LogP contribution is -2.15. The zero-order valence-corrected chi connectivity index (χ0v) is 8.81. The van der Waals surface area contributed by atoms with E-state index in [-0.39, 0.29) is 0 Å². The molecule has 1 aliphatic rings. The van der Waals surface area contributed by atoms with Crippen LogP contribution in [0.25, 0.3) is 0 Å². The highest BCUT2D eigenvalue weighted by atomic mass is 16.1. The van der Waals surface area contributed by atoms with Crippen LogP contribution in [0.5, 0.6) is 0 Å². The van der Waals surface area contributed by atoms with Crippen LogP contribution in [-0.4, -0.2) is 6.29 Å². The summed E-state index contributed by atoms with van der Waals surface area (Å²) in [6.45, 7) is 4.26. The van der Waals surface area contributed by atoms with E-state index in [0.29, 0.717) is 5.41 Å². The van der Waals surface area contributed by atoms with Gasteiger partial charge in [0.25, 0.3) is 0 Å². The molecule has 0 spiro atoms. The smallest absolute Gasteiger partial charge is 0.120 e. The van der Waals surface area contributed by atoms with Gasteiger partial charge in [0.15, 0.2) is 0 Å². The van der Waals surface area contributed by atoms with E-state index in [0.717, 1.165) is 19.1 Å². The maximum absolute atomic E-state index is 10.6. The van der Waals surface area contributed by atoms with Gasteiger partial charge in [-0.15, -0.1) is 0 Å². The molecular formula is C12H20O. The first-order valence-electron chi connectivity index (χ1n) is 5.26. The third-order valence-corrected chi connectivity index (χ3v) is 3.12. The Balaban J connectivity index is 2.56. The minimum atomic E-state index is 0.332. The zero-order chi connectivity index (χ0) is 9.73. The van der Waals surface area contributed by atoms with Crippen molar-refractivity contribution in [3.8, 4) is 0 Å². The molecule has 1 saturated carbocycles. The Hall–Kier alpha value is -0.590. The number of rotatable bonds is 4. The Morgan fingerprint density at radius 3 is 2.31 bits per heavy atom. The standard InChI is InChI=1S/C12H20O/c1-11(2)5-8-12(9-10-13)6-3-4-7-12/h5,10H,3-4,6-9H2,1-2H3. The van der Waals surface area contributed by atoms with Crippen LogP contribution in [0.2, 0.25) is 0 Å². The van der Waals surface area contributed by atoms with Gasteiger partial charge in [-0.05, 0) is 38.5 Å². The predicted molar refractivity (Wildman–Crippen MR) is 55.6 cm³/mol. The summed E-state index contributed by atoms with van der Waals surface area (Å²) in [6.07, 6.45) is 10.4. The van der Waals surface area contributed by atoms with E-state index in [4.69, 9.17) is 0 Å². The molecule has 0 aromatic heterocycles. The van der Waals surface area contributed by atoms with Gasteiger partial charge in [-0.1, -0.05) is 24.5 Å². The molecule has 1 heteroatoms. The number of aldehydes is 1. The highest BCUT2D eigenvalue weighted by Crippen LogP contribution is 2.43. The first kappa shape index (κ1) is 10.5. The number of hydrogen-bond donors (Lipinski definition) is 0. The molecular weight excluding hydrogens is 160 g/mol. The van der Waals surface area contributed by atoms with E-state index in [1.807, 2.05) is 0 Å². The van der Waals surface area contributed by atoms with E-state index in [9.17, 15) is 4.79 Å². The van der Waals surface area contributed by atoms with Gasteiger partial charge < -0.3 is 4.79 Å². The van der Waals surface area contributed by atoms with Gasteiger partial charge in [0.2, 0.25) is 0 Å². The summed E-state index contributed by atoms with van der Waals surface area (Å²) in [5.74, 6) is 0. The number of hydrogen-bond acceptors (Lipinski definition) is 1. The molecule has 0 atom stereocenters. The third-order valence-electron chi connectivity index (χ3n) is 3.12. The van der Waals surface area contributed by atoms with Crippen LogP contribution >= 0.6 is 0 Å². The zero-order valence-electron chi connectivity index (χ0n) is 8.81. The average molecular weight is 180 g/mol. The van der Waals surface area contributed by atoms with Crippen LogP contribution in [-0.2, 0) is 4.79 Å². The Morgan fingerprint density at radius 1 is 1.23 bits per heavy atom. The van der Waals surface area contributed by atoms with E-state index >= 15 is 0 Å². The molecule has 1 fully saturated rings. The Kier molecular flexibility index (Phi) is 3.71. The number of allylic oxidation sites excluding steroid dienone is 2. The van der Waals surface area contributed by atoms with Crippen LogP contribution in [0.4, 0.5) is 0 Å². The minimum Gasteiger partial charge on any atom is -0.303 e. The second kappa shape index (κ2) is 4.59. The van der Waals surface area contributed by atoms with Gasteiger partial charge >= 0.3 is 0 Å². The lowest BCUT2D eigenvalue weighted by Gasteiger charge is -2.25. The third kappa shape index (κ3) is 2.98. The van der Waals surface area contributed by atoms with Crippen molar-refractivity contribution in [3.05, 3.63) is 11.6 Å². The Labute approximate surface area is 81.2 Å². The molecule has 0 amide bonds. The van der Waals surface area contributed by atoms with Crippen LogP contribution in [0.3, 0.4) is 0 Å². The quantitative estimate of drug-likeness (QED) is 0.478. The van der Waals surface area contributed by atoms with Gasteiger partial charge in [0.05, 0.1) is 0 Å². The van der Waals surface area contributed by atoms with Crippen molar-refractivity contribution < 1.29 is 4.79 Å². The predicted octanol–water partition coefficient (Wildman–Crippen LogP) is 3.49. The Bertz CT molecular complexity index is 193. The van der Waals surface area contributed by atoms with Gasteiger partial charge in [-0.25, -0.2) is 0 Å². The molecule has 0 radical (unpaired) electrons. The molecule has 74 valence electrons. The molecule has 0 N–H and O–H groups in total. The average Bonchev–Trinajstić information content (AvgIpc) is 2.51. The molecule has 0 aliphatic heterocycles. The molecule has 0 unspecified atom stereocenters. The van der Waals surface area contributed by atoms with Gasteiger partial charge in [-0.3, -0.25) is 0 Å². The summed E-state index contributed by atoms with van der Waals surface area (Å²) in [6, 6.07) is 0. The fraction of sp³-hybridized carbons (Fsp3) is 0.750. The molecule has 1 nitrogen and oxygen atoms in total. The summed E-state index contributed by atoms with van der Waals surface area (Å²) < 4.78 is 0. The molecule has 0 heterocycles. The highest BCUT2D eigenvalue weighted by Gasteiger charge is 2.31. The summed E-state index contributed by atoms with van der Waals surface area (Å²) in [7, 11) is 0. The second-order valence-corrected chi connectivity index (χ2v) is 4.56. The van der Waals surface area contributed by atoms with Crippen molar-refractivity contribution in [2.75, 3.05) is 0 Å². The lowest BCUT2D eigenvalue weighted by molar-refractivity contribution is -0.109. The van der Waals surface area contributed by atoms with Crippen molar-refractivity contribution in [1.29, 1.82) is 0 Å². The first-order chi connectivity index (χ1) is 6.18. The molecule has 0 bridgehead atoms. The number of carbonyl (C=O) groups is 1. The van der Waals surface area contributed by atoms with Crippen LogP contribution in [0.15, 0.2) is 11.6 Å². The minimum absolute atomic E-state index is 0.332. The second-order valence-electron chi connectivity index (χ2n) is 4.56. The normalized spacial score (nSPS) is 19.8.